The Labute approximate surface area is 188 Å². The van der Waals surface area contributed by atoms with Gasteiger partial charge in [0, 0.05) is 30.1 Å². The third kappa shape index (κ3) is 5.70. The Bertz CT molecular complexity index is 931. The number of hydrogen-bond donors (Lipinski definition) is 2. The van der Waals surface area contributed by atoms with Gasteiger partial charge < -0.3 is 10.6 Å². The van der Waals surface area contributed by atoms with Gasteiger partial charge in [0.1, 0.15) is 5.82 Å². The molecule has 1 unspecified atom stereocenters. The lowest BCUT2D eigenvalue weighted by atomic mass is 9.97. The summed E-state index contributed by atoms with van der Waals surface area (Å²) in [5.74, 6) is 1.74. The van der Waals surface area contributed by atoms with Gasteiger partial charge in [-0.05, 0) is 63.0 Å². The number of aryl methyl sites for hydroxylation is 2. The molecule has 31 heavy (non-hydrogen) atoms. The Morgan fingerprint density at radius 1 is 1.16 bits per heavy atom. The topological polar surface area (TPSA) is 84.0 Å². The third-order valence-corrected chi connectivity index (χ3v) is 7.54. The van der Waals surface area contributed by atoms with Gasteiger partial charge in [0.2, 0.25) is 0 Å². The first-order valence-corrected chi connectivity index (χ1v) is 12.4. The summed E-state index contributed by atoms with van der Waals surface area (Å²) < 4.78 is 0. The molecule has 4 rings (SSSR count). The van der Waals surface area contributed by atoms with E-state index in [0.29, 0.717) is 23.7 Å². The summed E-state index contributed by atoms with van der Waals surface area (Å²) >= 11 is 1.59. The Kier molecular flexibility index (Phi) is 7.00. The normalized spacial score (nSPS) is 17.5. The number of thiophene rings is 1. The lowest BCUT2D eigenvalue weighted by molar-refractivity contribution is 0.0893. The summed E-state index contributed by atoms with van der Waals surface area (Å²) in [6.07, 6.45) is 10.6. The van der Waals surface area contributed by atoms with Gasteiger partial charge in [-0.15, -0.1) is 11.3 Å². The predicted molar refractivity (Wildman–Crippen MR) is 122 cm³/mol. The summed E-state index contributed by atoms with van der Waals surface area (Å²) in [4.78, 5) is 36.4. The molecular formula is C24H32N4O2S. The molecule has 166 valence electrons. The summed E-state index contributed by atoms with van der Waals surface area (Å²) in [6, 6.07) is 3.92. The highest BCUT2D eigenvalue weighted by Gasteiger charge is 2.28. The Morgan fingerprint density at radius 2 is 1.94 bits per heavy atom. The minimum absolute atomic E-state index is 0.0453. The predicted octanol–water partition coefficient (Wildman–Crippen LogP) is 4.08. The number of rotatable bonds is 9. The smallest absolute Gasteiger partial charge is 0.261 e. The average Bonchev–Trinajstić information content (AvgIpc) is 3.21. The van der Waals surface area contributed by atoms with Crippen LogP contribution in [0, 0.1) is 18.8 Å². The monoisotopic (exact) mass is 440 g/mol. The van der Waals surface area contributed by atoms with E-state index in [1.54, 1.807) is 17.5 Å². The molecule has 0 saturated heterocycles. The Hall–Kier alpha value is -2.28. The summed E-state index contributed by atoms with van der Waals surface area (Å²) in [6.45, 7) is 4.28. The van der Waals surface area contributed by atoms with Crippen LogP contribution in [0.15, 0.2) is 18.3 Å². The number of carbonyl (C=O) groups is 2. The largest absolute Gasteiger partial charge is 0.349 e. The number of carbonyl (C=O) groups excluding carboxylic acids is 2. The second-order valence-electron chi connectivity index (χ2n) is 8.89. The van der Waals surface area contributed by atoms with Gasteiger partial charge in [0.05, 0.1) is 16.1 Å². The lowest BCUT2D eigenvalue weighted by Gasteiger charge is -2.25. The van der Waals surface area contributed by atoms with Crippen LogP contribution < -0.4 is 10.6 Å². The fraction of sp³-hybridized carbons (Fsp3) is 0.583. The molecule has 2 fully saturated rings. The standard InChI is InChI=1S/C24H32N4O2S/c1-3-22-25-13-19(15(2)27-22)23(29)28-20(17-6-4-5-7-17)14-26-24(30)21-11-10-18(31-21)12-16-8-9-16/h10-11,13,16-17,20H,3-9,12,14H2,1-2H3,(H,26,30)(H,28,29). The second kappa shape index (κ2) is 9.90. The fourth-order valence-corrected chi connectivity index (χ4v) is 5.39. The molecule has 0 radical (unpaired) electrons. The quantitative estimate of drug-likeness (QED) is 0.615. The molecule has 2 N–H and O–H groups in total. The van der Waals surface area contributed by atoms with E-state index >= 15 is 0 Å². The van der Waals surface area contributed by atoms with E-state index in [4.69, 9.17) is 0 Å². The van der Waals surface area contributed by atoms with Crippen LogP contribution >= 0.6 is 11.3 Å². The van der Waals surface area contributed by atoms with Crippen LogP contribution in [-0.4, -0.2) is 34.4 Å². The second-order valence-corrected chi connectivity index (χ2v) is 10.1. The van der Waals surface area contributed by atoms with E-state index in [1.165, 1.54) is 30.6 Å². The molecule has 2 heterocycles. The zero-order valence-corrected chi connectivity index (χ0v) is 19.3. The minimum atomic E-state index is -0.158. The van der Waals surface area contributed by atoms with Gasteiger partial charge >= 0.3 is 0 Å². The van der Waals surface area contributed by atoms with Gasteiger partial charge in [0.15, 0.2) is 0 Å². The van der Waals surface area contributed by atoms with Gasteiger partial charge in [-0.3, -0.25) is 9.59 Å². The van der Waals surface area contributed by atoms with Crippen molar-refractivity contribution in [2.75, 3.05) is 6.54 Å². The van der Waals surface area contributed by atoms with Crippen LogP contribution in [0.2, 0.25) is 0 Å². The molecule has 7 heteroatoms. The number of amides is 2. The maximum atomic E-state index is 13.0. The van der Waals surface area contributed by atoms with Crippen molar-refractivity contribution in [2.45, 2.75) is 71.3 Å². The van der Waals surface area contributed by atoms with Crippen molar-refractivity contribution in [3.8, 4) is 0 Å². The van der Waals surface area contributed by atoms with Crippen LogP contribution in [0.25, 0.3) is 0 Å². The van der Waals surface area contributed by atoms with Crippen molar-refractivity contribution in [3.05, 3.63) is 45.2 Å². The van der Waals surface area contributed by atoms with Crippen molar-refractivity contribution in [3.63, 3.8) is 0 Å². The zero-order chi connectivity index (χ0) is 21.8. The molecule has 2 aromatic heterocycles. The molecular weight excluding hydrogens is 408 g/mol. The van der Waals surface area contributed by atoms with Crippen molar-refractivity contribution < 1.29 is 9.59 Å². The molecule has 0 aliphatic heterocycles. The van der Waals surface area contributed by atoms with Gasteiger partial charge in [0.25, 0.3) is 11.8 Å². The van der Waals surface area contributed by atoms with E-state index in [-0.39, 0.29) is 17.9 Å². The molecule has 2 aliphatic carbocycles. The molecule has 0 bridgehead atoms. The number of nitrogens with one attached hydrogen (secondary N) is 2. The molecule has 6 nitrogen and oxygen atoms in total. The van der Waals surface area contributed by atoms with Crippen molar-refractivity contribution in [1.82, 2.24) is 20.6 Å². The maximum absolute atomic E-state index is 13.0. The van der Waals surface area contributed by atoms with Gasteiger partial charge in [-0.2, -0.15) is 0 Å². The summed E-state index contributed by atoms with van der Waals surface area (Å²) in [7, 11) is 0. The molecule has 1 atom stereocenters. The van der Waals surface area contributed by atoms with Crippen LogP contribution in [0.4, 0.5) is 0 Å². The van der Waals surface area contributed by atoms with E-state index in [2.05, 4.69) is 26.7 Å². The van der Waals surface area contributed by atoms with Gasteiger partial charge in [-0.25, -0.2) is 9.97 Å². The third-order valence-electron chi connectivity index (χ3n) is 6.43. The van der Waals surface area contributed by atoms with E-state index < -0.39 is 0 Å². The summed E-state index contributed by atoms with van der Waals surface area (Å²) in [5, 5.41) is 6.24. The Balaban J connectivity index is 1.38. The van der Waals surface area contributed by atoms with Crippen LogP contribution in [0.1, 0.15) is 81.9 Å². The SMILES string of the molecule is CCc1ncc(C(=O)NC(CNC(=O)c2ccc(CC3CC3)s2)C2CCCC2)c(C)n1. The number of nitrogens with zero attached hydrogens (tertiary/aromatic N) is 2. The van der Waals surface area contributed by atoms with E-state index in [0.717, 1.165) is 42.3 Å². The molecule has 0 aromatic carbocycles. The highest BCUT2D eigenvalue weighted by Crippen LogP contribution is 2.34. The van der Waals surface area contributed by atoms with Crippen LogP contribution in [-0.2, 0) is 12.8 Å². The van der Waals surface area contributed by atoms with Crippen molar-refractivity contribution >= 4 is 23.2 Å². The average molecular weight is 441 g/mol. The highest BCUT2D eigenvalue weighted by atomic mass is 32.1. The first kappa shape index (κ1) is 21.9. The minimum Gasteiger partial charge on any atom is -0.349 e. The Morgan fingerprint density at radius 3 is 2.61 bits per heavy atom. The van der Waals surface area contributed by atoms with Crippen molar-refractivity contribution in [1.29, 1.82) is 0 Å². The molecule has 2 amide bonds. The number of hydrogen-bond acceptors (Lipinski definition) is 5. The lowest BCUT2D eigenvalue weighted by Crippen LogP contribution is -2.47. The molecule has 2 aliphatic rings. The number of aromatic nitrogens is 2. The van der Waals surface area contributed by atoms with Crippen LogP contribution in [0.5, 0.6) is 0 Å². The first-order valence-electron chi connectivity index (χ1n) is 11.5. The summed E-state index contributed by atoms with van der Waals surface area (Å²) in [5.41, 5.74) is 1.20. The van der Waals surface area contributed by atoms with Gasteiger partial charge in [-0.1, -0.05) is 19.8 Å². The zero-order valence-electron chi connectivity index (χ0n) is 18.4. The first-order chi connectivity index (χ1) is 15.0. The van der Waals surface area contributed by atoms with E-state index in [1.807, 2.05) is 19.9 Å². The van der Waals surface area contributed by atoms with Crippen molar-refractivity contribution in [2.24, 2.45) is 11.8 Å². The molecule has 2 saturated carbocycles. The van der Waals surface area contributed by atoms with Crippen LogP contribution in [0.3, 0.4) is 0 Å². The molecule has 2 aromatic rings. The van der Waals surface area contributed by atoms with E-state index in [9.17, 15) is 9.59 Å². The highest BCUT2D eigenvalue weighted by molar-refractivity contribution is 7.14. The molecule has 0 spiro atoms. The fourth-order valence-electron chi connectivity index (χ4n) is 4.36. The maximum Gasteiger partial charge on any atom is 0.261 e.